The third-order valence-corrected chi connectivity index (χ3v) is 3.58. The van der Waals surface area contributed by atoms with E-state index >= 15 is 0 Å². The van der Waals surface area contributed by atoms with Crippen LogP contribution in [0.5, 0.6) is 5.75 Å². The first-order valence-electron chi connectivity index (χ1n) is 7.01. The van der Waals surface area contributed by atoms with Crippen molar-refractivity contribution >= 4 is 11.6 Å². The van der Waals surface area contributed by atoms with Crippen LogP contribution < -0.4 is 10.1 Å². The quantitative estimate of drug-likeness (QED) is 0.833. The molecule has 4 heteroatoms. The molecular weight excluding hydrogens is 262 g/mol. The number of nitrogens with one attached hydrogen (secondary N) is 1. The van der Waals surface area contributed by atoms with Crippen molar-refractivity contribution in [2.24, 2.45) is 0 Å². The van der Waals surface area contributed by atoms with Gasteiger partial charge in [0.15, 0.2) is 0 Å². The van der Waals surface area contributed by atoms with Crippen LogP contribution in [0.2, 0.25) is 5.02 Å². The van der Waals surface area contributed by atoms with Gasteiger partial charge in [0.25, 0.3) is 0 Å². The van der Waals surface area contributed by atoms with Crippen molar-refractivity contribution in [1.82, 2.24) is 5.32 Å². The lowest BCUT2D eigenvalue weighted by molar-refractivity contribution is -0.107. The van der Waals surface area contributed by atoms with Crippen molar-refractivity contribution in [3.8, 4) is 5.75 Å². The van der Waals surface area contributed by atoms with E-state index in [1.165, 1.54) is 0 Å². The van der Waals surface area contributed by atoms with Crippen molar-refractivity contribution in [3.05, 3.63) is 29.3 Å². The van der Waals surface area contributed by atoms with Crippen molar-refractivity contribution in [1.29, 1.82) is 0 Å². The van der Waals surface area contributed by atoms with Gasteiger partial charge in [-0.25, -0.2) is 0 Å². The van der Waals surface area contributed by atoms with Gasteiger partial charge in [-0.3, -0.25) is 0 Å². The van der Waals surface area contributed by atoms with Crippen LogP contribution in [0.4, 0.5) is 0 Å². The molecule has 1 aliphatic rings. The number of benzene rings is 1. The number of hydrogen-bond donors (Lipinski definition) is 1. The summed E-state index contributed by atoms with van der Waals surface area (Å²) in [6, 6.07) is 7.91. The summed E-state index contributed by atoms with van der Waals surface area (Å²) in [4.78, 5) is 0. The highest BCUT2D eigenvalue weighted by atomic mass is 35.5. The zero-order chi connectivity index (χ0) is 13.7. The molecule has 1 aromatic rings. The number of rotatable bonds is 7. The lowest BCUT2D eigenvalue weighted by atomic mass is 9.85. The van der Waals surface area contributed by atoms with Gasteiger partial charge in [0, 0.05) is 24.1 Å². The molecule has 3 nitrogen and oxygen atoms in total. The highest BCUT2D eigenvalue weighted by Crippen LogP contribution is 2.29. The molecular formula is C15H22ClNO2. The van der Waals surface area contributed by atoms with Gasteiger partial charge in [-0.15, -0.1) is 0 Å². The predicted molar refractivity (Wildman–Crippen MR) is 78.0 cm³/mol. The first kappa shape index (κ1) is 14.6. The molecule has 1 fully saturated rings. The van der Waals surface area contributed by atoms with Gasteiger partial charge in [-0.05, 0) is 37.2 Å². The minimum atomic E-state index is 0.136. The molecule has 0 amide bonds. The monoisotopic (exact) mass is 283 g/mol. The summed E-state index contributed by atoms with van der Waals surface area (Å²) in [6.45, 7) is 5.98. The van der Waals surface area contributed by atoms with Gasteiger partial charge in [0.1, 0.15) is 18.0 Å². The maximum atomic E-state index is 5.97. The van der Waals surface area contributed by atoms with E-state index in [-0.39, 0.29) is 12.2 Å². The highest BCUT2D eigenvalue weighted by molar-refractivity contribution is 6.30. The molecule has 1 N–H and O–H groups in total. The predicted octanol–water partition coefficient (Wildman–Crippen LogP) is 3.26. The summed E-state index contributed by atoms with van der Waals surface area (Å²) in [5.74, 6) is 0.856. The van der Waals surface area contributed by atoms with Crippen molar-refractivity contribution < 1.29 is 9.47 Å². The normalized spacial score (nSPS) is 25.9. The molecule has 1 saturated carbocycles. The second-order valence-corrected chi connectivity index (χ2v) is 5.28. The Hall–Kier alpha value is -0.770. The maximum Gasteiger partial charge on any atom is 0.128 e. The zero-order valence-corrected chi connectivity index (χ0v) is 12.3. The van der Waals surface area contributed by atoms with E-state index in [1.54, 1.807) is 0 Å². The fourth-order valence-corrected chi connectivity index (χ4v) is 2.45. The van der Waals surface area contributed by atoms with Gasteiger partial charge in [0.05, 0.1) is 0 Å². The van der Waals surface area contributed by atoms with Crippen LogP contribution in [0.3, 0.4) is 0 Å². The third-order valence-electron chi connectivity index (χ3n) is 3.33. The van der Waals surface area contributed by atoms with Crippen LogP contribution in [-0.4, -0.2) is 31.4 Å². The molecule has 0 spiro atoms. The summed E-state index contributed by atoms with van der Waals surface area (Å²) >= 11 is 5.87. The number of ether oxygens (including phenoxy) is 2. The Balaban J connectivity index is 1.90. The molecule has 3 atom stereocenters. The lowest BCUT2D eigenvalue weighted by Crippen LogP contribution is -2.61. The topological polar surface area (TPSA) is 30.5 Å². The number of hydrogen-bond acceptors (Lipinski definition) is 3. The summed E-state index contributed by atoms with van der Waals surface area (Å²) in [6.07, 6.45) is 2.31. The Morgan fingerprint density at radius 2 is 2.00 bits per heavy atom. The average Bonchev–Trinajstić information content (AvgIpc) is 2.40. The molecule has 3 unspecified atom stereocenters. The molecule has 2 rings (SSSR count). The minimum Gasteiger partial charge on any atom is -0.488 e. The van der Waals surface area contributed by atoms with Crippen LogP contribution in [0, 0.1) is 0 Å². The standard InChI is InChI=1S/C15H22ClNO2/c1-3-9-18-15-13(17-4-2)10-14(15)19-12-7-5-11(16)6-8-12/h5-8,13-15,17H,3-4,9-10H2,1-2H3. The van der Waals surface area contributed by atoms with Gasteiger partial charge in [-0.2, -0.15) is 0 Å². The molecule has 0 heterocycles. The van der Waals surface area contributed by atoms with Gasteiger partial charge < -0.3 is 14.8 Å². The summed E-state index contributed by atoms with van der Waals surface area (Å²) in [5, 5.41) is 4.17. The van der Waals surface area contributed by atoms with Crippen molar-refractivity contribution in [2.45, 2.75) is 44.9 Å². The fourth-order valence-electron chi connectivity index (χ4n) is 2.32. The van der Waals surface area contributed by atoms with Crippen LogP contribution >= 0.6 is 11.6 Å². The fraction of sp³-hybridized carbons (Fsp3) is 0.600. The highest BCUT2D eigenvalue weighted by Gasteiger charge is 2.43. The Bertz CT molecular complexity index is 382. The second kappa shape index (κ2) is 7.13. The van der Waals surface area contributed by atoms with E-state index in [1.807, 2.05) is 24.3 Å². The Morgan fingerprint density at radius 3 is 2.63 bits per heavy atom. The lowest BCUT2D eigenvalue weighted by Gasteiger charge is -2.44. The van der Waals surface area contributed by atoms with Crippen molar-refractivity contribution in [2.75, 3.05) is 13.2 Å². The van der Waals surface area contributed by atoms with Crippen LogP contribution in [0.15, 0.2) is 24.3 Å². The van der Waals surface area contributed by atoms with Crippen LogP contribution in [-0.2, 0) is 4.74 Å². The third kappa shape index (κ3) is 3.85. The molecule has 0 radical (unpaired) electrons. The maximum absolute atomic E-state index is 5.97. The molecule has 0 aliphatic heterocycles. The van der Waals surface area contributed by atoms with E-state index in [0.29, 0.717) is 6.04 Å². The first-order valence-corrected chi connectivity index (χ1v) is 7.39. The Labute approximate surface area is 120 Å². The van der Waals surface area contributed by atoms with Crippen LogP contribution in [0.25, 0.3) is 0 Å². The van der Waals surface area contributed by atoms with Crippen LogP contribution in [0.1, 0.15) is 26.7 Å². The average molecular weight is 284 g/mol. The van der Waals surface area contributed by atoms with E-state index < -0.39 is 0 Å². The molecule has 1 aromatic carbocycles. The number of likely N-dealkylation sites (N-methyl/N-ethyl adjacent to an activating group) is 1. The first-order chi connectivity index (χ1) is 9.24. The molecule has 0 bridgehead atoms. The zero-order valence-electron chi connectivity index (χ0n) is 11.6. The summed E-state index contributed by atoms with van der Waals surface area (Å²) in [5.41, 5.74) is 0. The van der Waals surface area contributed by atoms with E-state index in [4.69, 9.17) is 21.1 Å². The minimum absolute atomic E-state index is 0.136. The van der Waals surface area contributed by atoms with Gasteiger partial charge in [0.2, 0.25) is 0 Å². The van der Waals surface area contributed by atoms with E-state index in [2.05, 4.69) is 19.2 Å². The number of halogens is 1. The Kier molecular flexibility index (Phi) is 5.49. The molecule has 0 aromatic heterocycles. The van der Waals surface area contributed by atoms with Gasteiger partial charge >= 0.3 is 0 Å². The molecule has 106 valence electrons. The smallest absolute Gasteiger partial charge is 0.128 e. The Morgan fingerprint density at radius 1 is 1.26 bits per heavy atom. The SMILES string of the molecule is CCCOC1C(NCC)CC1Oc1ccc(Cl)cc1. The van der Waals surface area contributed by atoms with Crippen molar-refractivity contribution in [3.63, 3.8) is 0 Å². The molecule has 1 aliphatic carbocycles. The largest absolute Gasteiger partial charge is 0.488 e. The summed E-state index contributed by atoms with van der Waals surface area (Å²) < 4.78 is 11.9. The molecule has 0 saturated heterocycles. The molecule has 19 heavy (non-hydrogen) atoms. The van der Waals surface area contributed by atoms with E-state index in [0.717, 1.165) is 36.8 Å². The summed E-state index contributed by atoms with van der Waals surface area (Å²) in [7, 11) is 0. The van der Waals surface area contributed by atoms with E-state index in [9.17, 15) is 0 Å². The second-order valence-electron chi connectivity index (χ2n) is 4.85. The van der Waals surface area contributed by atoms with Gasteiger partial charge in [-0.1, -0.05) is 25.4 Å².